The molecule has 226 valence electrons. The number of ether oxygens (including phenoxy) is 3. The van der Waals surface area contributed by atoms with Gasteiger partial charge in [-0.1, -0.05) is 81.4 Å². The molecule has 2 unspecified atom stereocenters. The maximum absolute atomic E-state index is 13.0. The van der Waals surface area contributed by atoms with E-state index in [-0.39, 0.29) is 23.9 Å². The number of aryl methyl sites for hydroxylation is 1. The lowest BCUT2D eigenvalue weighted by Gasteiger charge is -2.43. The number of benzene rings is 2. The molecule has 2 aliphatic rings. The first-order chi connectivity index (χ1) is 20.1. The topological polar surface area (TPSA) is 112 Å². The van der Waals surface area contributed by atoms with Crippen molar-refractivity contribution in [1.29, 1.82) is 0 Å². The Bertz CT molecular complexity index is 1410. The number of aliphatic hydroxyl groups is 1. The quantitative estimate of drug-likeness (QED) is 0.367. The highest BCUT2D eigenvalue weighted by molar-refractivity contribution is 6.99. The molecule has 0 spiro atoms. The Kier molecular flexibility index (Phi) is 9.03. The fourth-order valence-electron chi connectivity index (χ4n) is 6.49. The van der Waals surface area contributed by atoms with Gasteiger partial charge < -0.3 is 23.7 Å². The van der Waals surface area contributed by atoms with Crippen molar-refractivity contribution < 1.29 is 23.7 Å². The second-order valence-electron chi connectivity index (χ2n) is 12.4. The van der Waals surface area contributed by atoms with Crippen molar-refractivity contribution in [1.82, 2.24) is 9.55 Å². The van der Waals surface area contributed by atoms with Gasteiger partial charge in [0, 0.05) is 18.9 Å². The summed E-state index contributed by atoms with van der Waals surface area (Å²) in [4.78, 5) is 27.4. The van der Waals surface area contributed by atoms with Crippen LogP contribution in [0.15, 0.2) is 76.4 Å². The van der Waals surface area contributed by atoms with Gasteiger partial charge >= 0.3 is 5.69 Å². The van der Waals surface area contributed by atoms with Gasteiger partial charge in [0.2, 0.25) is 0 Å². The fraction of sp³-hybridized carbons (Fsp3) is 0.500. The van der Waals surface area contributed by atoms with Crippen molar-refractivity contribution >= 4 is 18.7 Å². The summed E-state index contributed by atoms with van der Waals surface area (Å²) in [7, 11) is -1.26. The Balaban J connectivity index is 1.51. The van der Waals surface area contributed by atoms with Gasteiger partial charge in [-0.05, 0) is 41.6 Å². The maximum atomic E-state index is 13.0. The SMILES string of the molecule is CO[C@H]1CCC[C@@H]1OC1C(O)[C@@H](CO[Si](c2ccccc2)(c2ccccc2)C(C)(C)C)O[C@H]1n1cc(C)c(=O)[nH]c1=O. The molecule has 10 heteroatoms. The van der Waals surface area contributed by atoms with Gasteiger partial charge in [-0.2, -0.15) is 0 Å². The Morgan fingerprint density at radius 2 is 1.60 bits per heavy atom. The van der Waals surface area contributed by atoms with Crippen molar-refractivity contribution in [2.45, 2.75) is 88.7 Å². The van der Waals surface area contributed by atoms with E-state index in [0.29, 0.717) is 5.56 Å². The van der Waals surface area contributed by atoms with Gasteiger partial charge in [-0.25, -0.2) is 4.79 Å². The summed E-state index contributed by atoms with van der Waals surface area (Å²) in [5.41, 5.74) is -0.733. The summed E-state index contributed by atoms with van der Waals surface area (Å²) in [6, 6.07) is 20.5. The number of rotatable bonds is 9. The van der Waals surface area contributed by atoms with Gasteiger partial charge in [0.15, 0.2) is 6.23 Å². The number of aromatic amines is 1. The lowest BCUT2D eigenvalue weighted by atomic mass is 10.1. The third-order valence-electron chi connectivity index (χ3n) is 8.64. The first kappa shape index (κ1) is 30.6. The molecule has 1 saturated carbocycles. The molecule has 6 atom stereocenters. The molecule has 0 radical (unpaired) electrons. The molecule has 2 fully saturated rings. The van der Waals surface area contributed by atoms with Gasteiger partial charge in [-0.15, -0.1) is 0 Å². The minimum atomic E-state index is -2.92. The number of H-pyrrole nitrogens is 1. The Labute approximate surface area is 247 Å². The van der Waals surface area contributed by atoms with Crippen LogP contribution in [0.25, 0.3) is 0 Å². The second-order valence-corrected chi connectivity index (χ2v) is 16.7. The number of nitrogens with one attached hydrogen (secondary N) is 1. The third kappa shape index (κ3) is 5.71. The summed E-state index contributed by atoms with van der Waals surface area (Å²) in [6.07, 6.45) is -0.0524. The molecule has 2 N–H and O–H groups in total. The van der Waals surface area contributed by atoms with Crippen LogP contribution in [0.4, 0.5) is 0 Å². The zero-order valence-electron chi connectivity index (χ0n) is 25.0. The predicted octanol–water partition coefficient (Wildman–Crippen LogP) is 2.63. The van der Waals surface area contributed by atoms with Crippen molar-refractivity contribution in [3.8, 4) is 0 Å². The van der Waals surface area contributed by atoms with Crippen LogP contribution in [0.2, 0.25) is 5.04 Å². The predicted molar refractivity (Wildman–Crippen MR) is 163 cm³/mol. The van der Waals surface area contributed by atoms with E-state index < -0.39 is 44.1 Å². The van der Waals surface area contributed by atoms with E-state index in [1.165, 1.54) is 10.8 Å². The molecule has 0 amide bonds. The van der Waals surface area contributed by atoms with Crippen LogP contribution >= 0.6 is 0 Å². The molecule has 0 bridgehead atoms. The Morgan fingerprint density at radius 1 is 1.00 bits per heavy atom. The molecular formula is C32H42N2O7Si. The summed E-state index contributed by atoms with van der Waals surface area (Å²) in [5, 5.41) is 13.7. The normalized spacial score (nSPS) is 26.5. The van der Waals surface area contributed by atoms with Crippen molar-refractivity contribution in [2.75, 3.05) is 13.7 Å². The Hall–Kier alpha value is -2.86. The number of aromatic nitrogens is 2. The molecular weight excluding hydrogens is 552 g/mol. The third-order valence-corrected chi connectivity index (χ3v) is 13.6. The first-order valence-electron chi connectivity index (χ1n) is 14.7. The van der Waals surface area contributed by atoms with E-state index >= 15 is 0 Å². The number of nitrogens with zero attached hydrogens (tertiary/aromatic N) is 1. The fourth-order valence-corrected chi connectivity index (χ4v) is 11.1. The van der Waals surface area contributed by atoms with E-state index in [2.05, 4.69) is 50.0 Å². The lowest BCUT2D eigenvalue weighted by Crippen LogP contribution is -2.67. The lowest BCUT2D eigenvalue weighted by molar-refractivity contribution is -0.130. The molecule has 1 aliphatic heterocycles. The van der Waals surface area contributed by atoms with Gasteiger partial charge in [0.25, 0.3) is 13.9 Å². The molecule has 9 nitrogen and oxygen atoms in total. The monoisotopic (exact) mass is 594 g/mol. The number of aliphatic hydroxyl groups excluding tert-OH is 1. The van der Waals surface area contributed by atoms with Crippen molar-refractivity contribution in [3.05, 3.63) is 93.3 Å². The molecule has 42 heavy (non-hydrogen) atoms. The molecule has 2 heterocycles. The van der Waals surface area contributed by atoms with Gasteiger partial charge in [-0.3, -0.25) is 14.3 Å². The molecule has 1 aromatic heterocycles. The van der Waals surface area contributed by atoms with Crippen LogP contribution in [0.5, 0.6) is 0 Å². The van der Waals surface area contributed by atoms with Crippen LogP contribution in [-0.4, -0.2) is 67.2 Å². The smallest absolute Gasteiger partial charge is 0.330 e. The van der Waals surface area contributed by atoms with Gasteiger partial charge in [0.1, 0.15) is 18.3 Å². The minimum Gasteiger partial charge on any atom is -0.405 e. The molecule has 1 saturated heterocycles. The molecule has 5 rings (SSSR count). The Morgan fingerprint density at radius 3 is 2.17 bits per heavy atom. The van der Waals surface area contributed by atoms with E-state index in [0.717, 1.165) is 29.6 Å². The summed E-state index contributed by atoms with van der Waals surface area (Å²) in [6.45, 7) is 8.27. The molecule has 1 aliphatic carbocycles. The summed E-state index contributed by atoms with van der Waals surface area (Å²) < 4.78 is 26.9. The average Bonchev–Trinajstić information content (AvgIpc) is 3.55. The maximum Gasteiger partial charge on any atom is 0.330 e. The van der Waals surface area contributed by atoms with Crippen LogP contribution < -0.4 is 21.6 Å². The van der Waals surface area contributed by atoms with E-state index in [1.54, 1.807) is 14.0 Å². The van der Waals surface area contributed by atoms with Gasteiger partial charge in [0.05, 0.1) is 18.8 Å². The van der Waals surface area contributed by atoms with Crippen LogP contribution in [0, 0.1) is 6.92 Å². The van der Waals surface area contributed by atoms with E-state index in [1.807, 2.05) is 36.4 Å². The standard InChI is InChI=1S/C32H42N2O7Si/c1-21-19-34(31(37)33-29(21)36)30-28(40-25-18-12-17-24(25)38-5)27(35)26(41-30)20-39-42(32(2,3)4,22-13-8-6-9-14-22)23-15-10-7-11-16-23/h6-11,13-16,19,24-28,30,35H,12,17-18,20H2,1-5H3,(H,33,36,37)/t24-,25-,26+,27?,28?,30+/m0/s1. The highest BCUT2D eigenvalue weighted by atomic mass is 28.4. The van der Waals surface area contributed by atoms with E-state index in [9.17, 15) is 14.7 Å². The summed E-state index contributed by atoms with van der Waals surface area (Å²) in [5.74, 6) is 0. The minimum absolute atomic E-state index is 0.0836. The van der Waals surface area contributed by atoms with Crippen LogP contribution in [-0.2, 0) is 18.6 Å². The van der Waals surface area contributed by atoms with E-state index in [4.69, 9.17) is 18.6 Å². The second kappa shape index (κ2) is 12.4. The summed E-state index contributed by atoms with van der Waals surface area (Å²) >= 11 is 0. The van der Waals surface area contributed by atoms with Crippen molar-refractivity contribution in [3.63, 3.8) is 0 Å². The highest BCUT2D eigenvalue weighted by Gasteiger charge is 2.53. The number of hydrogen-bond acceptors (Lipinski definition) is 7. The number of methoxy groups -OCH3 is 1. The zero-order valence-corrected chi connectivity index (χ0v) is 26.0. The largest absolute Gasteiger partial charge is 0.405 e. The zero-order chi connectivity index (χ0) is 30.1. The molecule has 2 aromatic carbocycles. The first-order valence-corrected chi connectivity index (χ1v) is 16.6. The average molecular weight is 595 g/mol. The highest BCUT2D eigenvalue weighted by Crippen LogP contribution is 2.39. The molecule has 3 aromatic rings. The van der Waals surface area contributed by atoms with Crippen LogP contribution in [0.3, 0.4) is 0 Å². The van der Waals surface area contributed by atoms with Crippen molar-refractivity contribution in [2.24, 2.45) is 0 Å². The number of hydrogen-bond donors (Lipinski definition) is 2. The van der Waals surface area contributed by atoms with Crippen LogP contribution in [0.1, 0.15) is 51.8 Å².